The number of nitrogens with zero attached hydrogens (tertiary/aromatic N) is 4. The molecule has 0 fully saturated rings. The molecule has 3 aromatic heterocycles. The third kappa shape index (κ3) is 4.69. The lowest BCUT2D eigenvalue weighted by atomic mass is 10.2. The fourth-order valence-electron chi connectivity index (χ4n) is 2.64. The quantitative estimate of drug-likeness (QED) is 0.366. The first-order valence-corrected chi connectivity index (χ1v) is 11.9. The third-order valence-electron chi connectivity index (χ3n) is 4.00. The molecule has 6 nitrogen and oxygen atoms in total. The van der Waals surface area contributed by atoms with Gasteiger partial charge in [-0.2, -0.15) is 0 Å². The second kappa shape index (κ2) is 9.08. The van der Waals surface area contributed by atoms with E-state index in [1.54, 1.807) is 11.3 Å². The third-order valence-corrected chi connectivity index (χ3v) is 6.84. The smallest absolute Gasteiger partial charge is 0.236 e. The van der Waals surface area contributed by atoms with E-state index in [4.69, 9.17) is 11.6 Å². The lowest BCUT2D eigenvalue weighted by Gasteiger charge is -2.06. The zero-order chi connectivity index (χ0) is 20.2. The van der Waals surface area contributed by atoms with Crippen LogP contribution < -0.4 is 5.32 Å². The summed E-state index contributed by atoms with van der Waals surface area (Å²) in [4.78, 5) is 17.9. The number of thioether (sulfide) groups is 1. The zero-order valence-corrected chi connectivity index (χ0v) is 18.5. The van der Waals surface area contributed by atoms with Crippen LogP contribution in [0, 0.1) is 0 Å². The molecule has 3 heterocycles. The summed E-state index contributed by atoms with van der Waals surface area (Å²) in [5, 5.41) is 17.3. The van der Waals surface area contributed by atoms with Crippen molar-refractivity contribution in [2.24, 2.45) is 0 Å². The zero-order valence-electron chi connectivity index (χ0n) is 15.3. The first-order chi connectivity index (χ1) is 14.1. The number of hydrogen-bond acceptors (Lipinski definition) is 7. The van der Waals surface area contributed by atoms with Crippen molar-refractivity contribution in [2.45, 2.75) is 18.6 Å². The normalized spacial score (nSPS) is 11.0. The van der Waals surface area contributed by atoms with Crippen LogP contribution >= 0.6 is 46.0 Å². The Kier molecular flexibility index (Phi) is 6.29. The molecular weight excluding hydrogens is 446 g/mol. The number of hydrogen-bond donors (Lipinski definition) is 1. The van der Waals surface area contributed by atoms with E-state index in [0.717, 1.165) is 33.7 Å². The molecule has 1 N–H and O–H groups in total. The standard InChI is InChI=1S/C19H16ClN5OS3/c1-2-25-17(15-4-3-9-27-15)23-24-19(25)29-11-16(26)22-18-21-14(10-28-18)12-5-7-13(20)8-6-12/h3-10H,2,11H2,1H3,(H,21,22,26). The molecular formula is C19H16ClN5OS3. The van der Waals surface area contributed by atoms with Crippen molar-refractivity contribution in [2.75, 3.05) is 11.1 Å². The summed E-state index contributed by atoms with van der Waals surface area (Å²) >= 11 is 10.3. The minimum absolute atomic E-state index is 0.129. The van der Waals surface area contributed by atoms with Gasteiger partial charge in [0.25, 0.3) is 0 Å². The Morgan fingerprint density at radius 2 is 2.03 bits per heavy atom. The summed E-state index contributed by atoms with van der Waals surface area (Å²) in [6.45, 7) is 2.78. The molecule has 0 aliphatic rings. The van der Waals surface area contributed by atoms with Gasteiger partial charge in [0.2, 0.25) is 5.91 Å². The lowest BCUT2D eigenvalue weighted by molar-refractivity contribution is -0.113. The fraction of sp³-hybridized carbons (Fsp3) is 0.158. The molecule has 148 valence electrons. The van der Waals surface area contributed by atoms with Gasteiger partial charge in [0.1, 0.15) is 0 Å². The van der Waals surface area contributed by atoms with E-state index >= 15 is 0 Å². The van der Waals surface area contributed by atoms with Gasteiger partial charge in [0, 0.05) is 22.5 Å². The van der Waals surface area contributed by atoms with Crippen LogP contribution in [0.1, 0.15) is 6.92 Å². The maximum atomic E-state index is 12.4. The van der Waals surface area contributed by atoms with Gasteiger partial charge in [-0.25, -0.2) is 4.98 Å². The number of benzene rings is 1. The van der Waals surface area contributed by atoms with Crippen LogP contribution in [0.5, 0.6) is 0 Å². The first-order valence-electron chi connectivity index (χ1n) is 8.75. The van der Waals surface area contributed by atoms with Crippen molar-refractivity contribution in [3.05, 3.63) is 52.2 Å². The molecule has 0 aliphatic carbocycles. The molecule has 0 saturated heterocycles. The van der Waals surface area contributed by atoms with Gasteiger partial charge in [-0.1, -0.05) is 41.6 Å². The highest BCUT2D eigenvalue weighted by atomic mass is 35.5. The molecule has 29 heavy (non-hydrogen) atoms. The molecule has 10 heteroatoms. The molecule has 0 spiro atoms. The number of carbonyl (C=O) groups is 1. The van der Waals surface area contributed by atoms with Crippen LogP contribution in [0.2, 0.25) is 5.02 Å². The van der Waals surface area contributed by atoms with Gasteiger partial charge in [-0.15, -0.1) is 32.9 Å². The van der Waals surface area contributed by atoms with E-state index in [2.05, 4.69) is 20.5 Å². The molecule has 0 atom stereocenters. The van der Waals surface area contributed by atoms with Crippen LogP contribution in [0.25, 0.3) is 22.0 Å². The number of rotatable bonds is 7. The monoisotopic (exact) mass is 461 g/mol. The van der Waals surface area contributed by atoms with Crippen LogP contribution in [0.15, 0.2) is 52.3 Å². The van der Waals surface area contributed by atoms with Crippen LogP contribution in [0.4, 0.5) is 5.13 Å². The Morgan fingerprint density at radius 3 is 2.76 bits per heavy atom. The maximum absolute atomic E-state index is 12.4. The second-order valence-electron chi connectivity index (χ2n) is 5.91. The number of halogens is 1. The Morgan fingerprint density at radius 1 is 1.21 bits per heavy atom. The Balaban J connectivity index is 1.38. The number of thiazole rings is 1. The molecule has 4 aromatic rings. The average Bonchev–Trinajstić information content (AvgIpc) is 3.47. The van der Waals surface area contributed by atoms with Gasteiger partial charge in [-0.3, -0.25) is 4.79 Å². The van der Waals surface area contributed by atoms with Crippen molar-refractivity contribution in [1.82, 2.24) is 19.7 Å². The summed E-state index contributed by atoms with van der Waals surface area (Å²) in [7, 11) is 0. The SMILES string of the molecule is CCn1c(SCC(=O)Nc2nc(-c3ccc(Cl)cc3)cs2)nnc1-c1cccs1. The second-order valence-corrected chi connectivity index (χ2v) is 9.09. The Bertz CT molecular complexity index is 1110. The van der Waals surface area contributed by atoms with E-state index in [1.165, 1.54) is 23.1 Å². The van der Waals surface area contributed by atoms with Crippen molar-refractivity contribution >= 4 is 57.1 Å². The highest BCUT2D eigenvalue weighted by Crippen LogP contribution is 2.28. The summed E-state index contributed by atoms with van der Waals surface area (Å²) in [5.41, 5.74) is 1.76. The summed E-state index contributed by atoms with van der Waals surface area (Å²) in [5.74, 6) is 0.937. The molecule has 1 amide bonds. The molecule has 0 radical (unpaired) electrons. The molecule has 0 unspecified atom stereocenters. The van der Waals surface area contributed by atoms with E-state index in [1.807, 2.05) is 58.6 Å². The summed E-state index contributed by atoms with van der Waals surface area (Å²) < 4.78 is 2.02. The van der Waals surface area contributed by atoms with Crippen LogP contribution in [-0.4, -0.2) is 31.4 Å². The molecule has 4 rings (SSSR count). The number of aromatic nitrogens is 4. The van der Waals surface area contributed by atoms with Gasteiger partial charge in [0.05, 0.1) is 16.3 Å². The topological polar surface area (TPSA) is 72.7 Å². The Hall–Kier alpha value is -2.20. The minimum Gasteiger partial charge on any atom is -0.302 e. The van der Waals surface area contributed by atoms with E-state index in [-0.39, 0.29) is 11.7 Å². The highest BCUT2D eigenvalue weighted by Gasteiger charge is 2.16. The number of anilines is 1. The minimum atomic E-state index is -0.129. The predicted molar refractivity (Wildman–Crippen MR) is 121 cm³/mol. The Labute approximate surface area is 185 Å². The van der Waals surface area contributed by atoms with Crippen molar-refractivity contribution in [3.8, 4) is 22.0 Å². The van der Waals surface area contributed by atoms with Crippen molar-refractivity contribution in [1.29, 1.82) is 0 Å². The number of carbonyl (C=O) groups excluding carboxylic acids is 1. The molecule has 0 saturated carbocycles. The number of amides is 1. The van der Waals surface area contributed by atoms with E-state index in [0.29, 0.717) is 10.2 Å². The first kappa shape index (κ1) is 20.1. The number of nitrogens with one attached hydrogen (secondary N) is 1. The van der Waals surface area contributed by atoms with Gasteiger partial charge < -0.3 is 9.88 Å². The maximum Gasteiger partial charge on any atom is 0.236 e. The lowest BCUT2D eigenvalue weighted by Crippen LogP contribution is -2.14. The largest absolute Gasteiger partial charge is 0.302 e. The molecule has 1 aromatic carbocycles. The molecule has 0 aliphatic heterocycles. The predicted octanol–water partition coefficient (Wildman–Crippen LogP) is 5.53. The van der Waals surface area contributed by atoms with E-state index in [9.17, 15) is 4.79 Å². The summed E-state index contributed by atoms with van der Waals surface area (Å²) in [6, 6.07) is 11.5. The number of thiophene rings is 1. The van der Waals surface area contributed by atoms with Gasteiger partial charge in [0.15, 0.2) is 16.1 Å². The van der Waals surface area contributed by atoms with E-state index < -0.39 is 0 Å². The summed E-state index contributed by atoms with van der Waals surface area (Å²) in [6.07, 6.45) is 0. The van der Waals surface area contributed by atoms with Crippen molar-refractivity contribution in [3.63, 3.8) is 0 Å². The highest BCUT2D eigenvalue weighted by molar-refractivity contribution is 7.99. The molecule has 0 bridgehead atoms. The van der Waals surface area contributed by atoms with Gasteiger partial charge >= 0.3 is 0 Å². The van der Waals surface area contributed by atoms with Crippen molar-refractivity contribution < 1.29 is 4.79 Å². The van der Waals surface area contributed by atoms with Crippen LogP contribution in [0.3, 0.4) is 0 Å². The van der Waals surface area contributed by atoms with Gasteiger partial charge in [-0.05, 0) is 30.5 Å². The van der Waals surface area contributed by atoms with Crippen LogP contribution in [-0.2, 0) is 11.3 Å². The average molecular weight is 462 g/mol. The fourth-order valence-corrected chi connectivity index (χ4v) is 5.02.